The lowest BCUT2D eigenvalue weighted by molar-refractivity contribution is 0.0856. The predicted octanol–water partition coefficient (Wildman–Crippen LogP) is 4.03. The predicted molar refractivity (Wildman–Crippen MR) is 109 cm³/mol. The van der Waals surface area contributed by atoms with Crippen LogP contribution in [0.3, 0.4) is 0 Å². The Labute approximate surface area is 167 Å². The third kappa shape index (κ3) is 4.11. The molecule has 150 valence electrons. The van der Waals surface area contributed by atoms with Crippen LogP contribution in [0.4, 0.5) is 4.39 Å². The number of halogens is 1. The van der Waals surface area contributed by atoms with E-state index in [0.29, 0.717) is 5.41 Å². The Morgan fingerprint density at radius 2 is 1.61 bits per heavy atom. The van der Waals surface area contributed by atoms with Crippen molar-refractivity contribution < 1.29 is 4.39 Å². The molecule has 0 N–H and O–H groups in total. The molecule has 3 heterocycles. The van der Waals surface area contributed by atoms with E-state index in [2.05, 4.69) is 21.7 Å². The van der Waals surface area contributed by atoms with Crippen LogP contribution in [0.15, 0.2) is 24.3 Å². The summed E-state index contributed by atoms with van der Waals surface area (Å²) < 4.78 is 14.1. The van der Waals surface area contributed by atoms with Crippen LogP contribution in [0.1, 0.15) is 47.6 Å². The Morgan fingerprint density at radius 1 is 0.893 bits per heavy atom. The largest absolute Gasteiger partial charge is 0.298 e. The minimum Gasteiger partial charge on any atom is -0.298 e. The van der Waals surface area contributed by atoms with Crippen molar-refractivity contribution in [2.24, 2.45) is 5.41 Å². The summed E-state index contributed by atoms with van der Waals surface area (Å²) in [4.78, 5) is 14.4. The zero-order valence-electron chi connectivity index (χ0n) is 17.3. The number of rotatable bonds is 4. The molecular weight excluding hydrogens is 351 g/mol. The van der Waals surface area contributed by atoms with Gasteiger partial charge in [-0.3, -0.25) is 19.8 Å². The molecule has 1 aromatic carbocycles. The van der Waals surface area contributed by atoms with Gasteiger partial charge < -0.3 is 0 Å². The molecule has 2 saturated heterocycles. The lowest BCUT2D eigenvalue weighted by atomic mass is 9.79. The number of nitrogens with zero attached hydrogens (tertiary/aromatic N) is 4. The fourth-order valence-corrected chi connectivity index (χ4v) is 4.93. The Bertz CT molecular complexity index is 852. The van der Waals surface area contributed by atoms with E-state index in [-0.39, 0.29) is 5.82 Å². The lowest BCUT2D eigenvalue weighted by Gasteiger charge is -2.40. The summed E-state index contributed by atoms with van der Waals surface area (Å²) in [6.45, 7) is 12.1. The number of hydrogen-bond acceptors (Lipinski definition) is 4. The highest BCUT2D eigenvalue weighted by molar-refractivity contribution is 5.19. The van der Waals surface area contributed by atoms with Crippen molar-refractivity contribution in [2.75, 3.05) is 26.2 Å². The molecule has 1 aromatic heterocycles. The number of aryl methyl sites for hydroxylation is 3. The maximum atomic E-state index is 14.1. The van der Waals surface area contributed by atoms with Gasteiger partial charge in [0.1, 0.15) is 5.82 Å². The summed E-state index contributed by atoms with van der Waals surface area (Å²) in [6.07, 6.45) is 3.69. The van der Waals surface area contributed by atoms with Gasteiger partial charge in [0.25, 0.3) is 0 Å². The molecule has 0 saturated carbocycles. The van der Waals surface area contributed by atoms with Crippen LogP contribution in [0.25, 0.3) is 0 Å². The third-order valence-corrected chi connectivity index (χ3v) is 6.56. The normalized spacial score (nSPS) is 23.6. The lowest BCUT2D eigenvalue weighted by Crippen LogP contribution is -2.44. The SMILES string of the molecule is Cc1nc(C)c(CN2CCC3(CCCN(Cc4ccccc4F)C3)C2)nc1C. The third-order valence-electron chi connectivity index (χ3n) is 6.56. The van der Waals surface area contributed by atoms with E-state index in [9.17, 15) is 4.39 Å². The van der Waals surface area contributed by atoms with Gasteiger partial charge in [-0.15, -0.1) is 0 Å². The number of aromatic nitrogens is 2. The first-order valence-corrected chi connectivity index (χ1v) is 10.4. The monoisotopic (exact) mass is 382 g/mol. The van der Waals surface area contributed by atoms with E-state index in [0.717, 1.165) is 67.6 Å². The molecule has 0 radical (unpaired) electrons. The molecule has 1 spiro atoms. The molecule has 4 nitrogen and oxygen atoms in total. The first-order chi connectivity index (χ1) is 13.4. The number of piperidine rings is 1. The molecule has 0 bridgehead atoms. The Hall–Kier alpha value is -1.85. The molecular formula is C23H31FN4. The van der Waals surface area contributed by atoms with Crippen molar-refractivity contribution in [3.8, 4) is 0 Å². The molecule has 1 atom stereocenters. The van der Waals surface area contributed by atoms with E-state index in [1.165, 1.54) is 19.3 Å². The Morgan fingerprint density at radius 3 is 2.39 bits per heavy atom. The van der Waals surface area contributed by atoms with Crippen LogP contribution in [-0.2, 0) is 13.1 Å². The topological polar surface area (TPSA) is 32.3 Å². The first-order valence-electron chi connectivity index (χ1n) is 10.4. The standard InChI is InChI=1S/C23H31FN4/c1-17-18(2)26-22(19(3)25-17)14-28-12-10-23(16-28)9-6-11-27(15-23)13-20-7-4-5-8-21(20)24/h4-5,7-8H,6,9-16H2,1-3H3. The quantitative estimate of drug-likeness (QED) is 0.799. The van der Waals surface area contributed by atoms with Crippen LogP contribution in [-0.4, -0.2) is 45.9 Å². The second kappa shape index (κ2) is 7.88. The van der Waals surface area contributed by atoms with Gasteiger partial charge in [0.05, 0.1) is 22.8 Å². The van der Waals surface area contributed by atoms with Crippen LogP contribution < -0.4 is 0 Å². The van der Waals surface area contributed by atoms with Gasteiger partial charge in [-0.1, -0.05) is 18.2 Å². The molecule has 0 amide bonds. The summed E-state index contributed by atoms with van der Waals surface area (Å²) in [5, 5.41) is 0. The number of likely N-dealkylation sites (tertiary alicyclic amines) is 2. The van der Waals surface area contributed by atoms with Crippen LogP contribution >= 0.6 is 0 Å². The summed E-state index contributed by atoms with van der Waals surface area (Å²) in [5.41, 5.74) is 5.37. The van der Waals surface area contributed by atoms with Gasteiger partial charge in [0.2, 0.25) is 0 Å². The minimum atomic E-state index is -0.0843. The van der Waals surface area contributed by atoms with E-state index in [4.69, 9.17) is 4.98 Å². The van der Waals surface area contributed by atoms with E-state index in [1.807, 2.05) is 26.0 Å². The van der Waals surface area contributed by atoms with Crippen molar-refractivity contribution >= 4 is 0 Å². The summed E-state index contributed by atoms with van der Waals surface area (Å²) >= 11 is 0. The zero-order chi connectivity index (χ0) is 19.7. The van der Waals surface area contributed by atoms with Gasteiger partial charge in [0, 0.05) is 31.7 Å². The average molecular weight is 383 g/mol. The first kappa shape index (κ1) is 19.5. The summed E-state index contributed by atoms with van der Waals surface area (Å²) in [7, 11) is 0. The molecule has 1 unspecified atom stereocenters. The number of hydrogen-bond donors (Lipinski definition) is 0. The van der Waals surface area contributed by atoms with E-state index < -0.39 is 0 Å². The Kier molecular flexibility index (Phi) is 5.48. The molecule has 4 rings (SSSR count). The van der Waals surface area contributed by atoms with Crippen molar-refractivity contribution in [2.45, 2.75) is 53.1 Å². The maximum Gasteiger partial charge on any atom is 0.127 e. The maximum absolute atomic E-state index is 14.1. The molecule has 2 fully saturated rings. The Balaban J connectivity index is 1.41. The molecule has 0 aliphatic carbocycles. The highest BCUT2D eigenvalue weighted by Gasteiger charge is 2.41. The molecule has 2 aromatic rings. The van der Waals surface area contributed by atoms with Crippen molar-refractivity contribution in [3.63, 3.8) is 0 Å². The fourth-order valence-electron chi connectivity index (χ4n) is 4.93. The van der Waals surface area contributed by atoms with Gasteiger partial charge in [-0.25, -0.2) is 4.39 Å². The van der Waals surface area contributed by atoms with Gasteiger partial charge in [0.15, 0.2) is 0 Å². The highest BCUT2D eigenvalue weighted by atomic mass is 19.1. The molecule has 28 heavy (non-hydrogen) atoms. The fraction of sp³-hybridized carbons (Fsp3) is 0.565. The molecule has 5 heteroatoms. The van der Waals surface area contributed by atoms with E-state index >= 15 is 0 Å². The molecule has 2 aliphatic rings. The van der Waals surface area contributed by atoms with Gasteiger partial charge >= 0.3 is 0 Å². The highest BCUT2D eigenvalue weighted by Crippen LogP contribution is 2.40. The van der Waals surface area contributed by atoms with Crippen LogP contribution in [0.2, 0.25) is 0 Å². The summed E-state index contributed by atoms with van der Waals surface area (Å²) in [5.74, 6) is -0.0843. The van der Waals surface area contributed by atoms with Crippen molar-refractivity contribution in [1.29, 1.82) is 0 Å². The number of benzene rings is 1. The van der Waals surface area contributed by atoms with Gasteiger partial charge in [-0.2, -0.15) is 0 Å². The summed E-state index contributed by atoms with van der Waals surface area (Å²) in [6, 6.07) is 7.18. The second-order valence-corrected chi connectivity index (χ2v) is 8.79. The molecule has 2 aliphatic heterocycles. The second-order valence-electron chi connectivity index (χ2n) is 8.79. The minimum absolute atomic E-state index is 0.0843. The van der Waals surface area contributed by atoms with Crippen molar-refractivity contribution in [3.05, 3.63) is 58.4 Å². The van der Waals surface area contributed by atoms with Crippen LogP contribution in [0, 0.1) is 32.0 Å². The van der Waals surface area contributed by atoms with E-state index in [1.54, 1.807) is 12.1 Å². The average Bonchev–Trinajstić information content (AvgIpc) is 3.03. The van der Waals surface area contributed by atoms with Crippen molar-refractivity contribution in [1.82, 2.24) is 19.8 Å². The van der Waals surface area contributed by atoms with Crippen LogP contribution in [0.5, 0.6) is 0 Å². The smallest absolute Gasteiger partial charge is 0.127 e. The zero-order valence-corrected chi connectivity index (χ0v) is 17.3. The van der Waals surface area contributed by atoms with Gasteiger partial charge in [-0.05, 0) is 64.6 Å².